The van der Waals surface area contributed by atoms with Gasteiger partial charge in [-0.1, -0.05) is 48.0 Å². The predicted molar refractivity (Wildman–Crippen MR) is 95.7 cm³/mol. The quantitative estimate of drug-likeness (QED) is 0.619. The highest BCUT2D eigenvalue weighted by Crippen LogP contribution is 2.18. The molecule has 0 aliphatic rings. The van der Waals surface area contributed by atoms with Gasteiger partial charge in [0.05, 0.1) is 5.75 Å². The van der Waals surface area contributed by atoms with E-state index in [9.17, 15) is 9.59 Å². The van der Waals surface area contributed by atoms with Crippen molar-refractivity contribution in [1.82, 2.24) is 5.32 Å². The summed E-state index contributed by atoms with van der Waals surface area (Å²) >= 11 is 1.39. The minimum absolute atomic E-state index is 0.180. The third-order valence-electron chi connectivity index (χ3n) is 3.36. The van der Waals surface area contributed by atoms with Crippen LogP contribution >= 0.6 is 11.8 Å². The predicted octanol–water partition coefficient (Wildman–Crippen LogP) is 3.34. The second kappa shape index (κ2) is 9.13. The van der Waals surface area contributed by atoms with Crippen LogP contribution < -0.4 is 5.32 Å². The van der Waals surface area contributed by atoms with Gasteiger partial charge in [-0.2, -0.15) is 0 Å². The maximum atomic E-state index is 12.0. The lowest BCUT2D eigenvalue weighted by Gasteiger charge is -2.13. The van der Waals surface area contributed by atoms with E-state index in [1.165, 1.54) is 17.3 Å². The van der Waals surface area contributed by atoms with E-state index in [1.807, 2.05) is 61.5 Å². The number of nitrogens with one attached hydrogen (secondary N) is 1. The molecule has 0 spiro atoms. The summed E-state index contributed by atoms with van der Waals surface area (Å²) in [5.41, 5.74) is 2.17. The van der Waals surface area contributed by atoms with Gasteiger partial charge < -0.3 is 10.1 Å². The molecule has 2 rings (SSSR count). The third kappa shape index (κ3) is 6.08. The molecular formula is C19H21NO3S. The van der Waals surface area contributed by atoms with E-state index in [0.29, 0.717) is 6.54 Å². The molecule has 0 heterocycles. The number of aryl methyl sites for hydroxylation is 1. The average molecular weight is 343 g/mol. The molecule has 0 aromatic heterocycles. The van der Waals surface area contributed by atoms with Crippen molar-refractivity contribution in [3.05, 3.63) is 65.7 Å². The molecule has 0 aliphatic carbocycles. The summed E-state index contributed by atoms with van der Waals surface area (Å²) in [6.07, 6.45) is -0.806. The Morgan fingerprint density at radius 3 is 2.42 bits per heavy atom. The topological polar surface area (TPSA) is 55.4 Å². The van der Waals surface area contributed by atoms with Crippen molar-refractivity contribution in [2.45, 2.75) is 31.4 Å². The monoisotopic (exact) mass is 343 g/mol. The second-order valence-electron chi connectivity index (χ2n) is 5.44. The molecule has 4 nitrogen and oxygen atoms in total. The van der Waals surface area contributed by atoms with Crippen LogP contribution in [-0.2, 0) is 20.9 Å². The van der Waals surface area contributed by atoms with Crippen LogP contribution in [0.2, 0.25) is 0 Å². The first-order valence-electron chi connectivity index (χ1n) is 7.75. The number of hydrogen-bond acceptors (Lipinski definition) is 4. The zero-order valence-corrected chi connectivity index (χ0v) is 14.6. The zero-order valence-electron chi connectivity index (χ0n) is 13.8. The summed E-state index contributed by atoms with van der Waals surface area (Å²) in [6.45, 7) is 4.01. The van der Waals surface area contributed by atoms with E-state index < -0.39 is 12.1 Å². The molecule has 2 aromatic carbocycles. The molecule has 0 aliphatic heterocycles. The molecule has 0 radical (unpaired) electrons. The second-order valence-corrected chi connectivity index (χ2v) is 6.49. The van der Waals surface area contributed by atoms with Crippen molar-refractivity contribution in [1.29, 1.82) is 0 Å². The van der Waals surface area contributed by atoms with E-state index in [4.69, 9.17) is 4.74 Å². The number of carbonyl (C=O) groups excluding carboxylic acids is 2. The number of rotatable bonds is 7. The van der Waals surface area contributed by atoms with Crippen molar-refractivity contribution < 1.29 is 14.3 Å². The van der Waals surface area contributed by atoms with Crippen LogP contribution in [0.5, 0.6) is 0 Å². The van der Waals surface area contributed by atoms with Crippen molar-refractivity contribution in [3.63, 3.8) is 0 Å². The highest BCUT2D eigenvalue weighted by molar-refractivity contribution is 8.00. The number of thioether (sulfide) groups is 1. The fraction of sp³-hybridized carbons (Fsp3) is 0.263. The normalized spacial score (nSPS) is 11.6. The van der Waals surface area contributed by atoms with Gasteiger partial charge in [0.2, 0.25) is 0 Å². The van der Waals surface area contributed by atoms with Gasteiger partial charge in [0.15, 0.2) is 6.10 Å². The number of esters is 1. The molecule has 0 fully saturated rings. The molecule has 24 heavy (non-hydrogen) atoms. The first-order valence-corrected chi connectivity index (χ1v) is 8.74. The summed E-state index contributed by atoms with van der Waals surface area (Å²) in [5, 5.41) is 2.76. The Labute approximate surface area is 146 Å². The Kier molecular flexibility index (Phi) is 6.88. The summed E-state index contributed by atoms with van der Waals surface area (Å²) in [6, 6.07) is 17.5. The lowest BCUT2D eigenvalue weighted by Crippen LogP contribution is -2.35. The lowest BCUT2D eigenvalue weighted by atomic mass is 10.2. The minimum atomic E-state index is -0.806. The molecule has 2 aromatic rings. The first-order chi connectivity index (χ1) is 11.5. The van der Waals surface area contributed by atoms with Crippen LogP contribution in [0.3, 0.4) is 0 Å². The van der Waals surface area contributed by atoms with Gasteiger partial charge >= 0.3 is 5.97 Å². The SMILES string of the molecule is Cc1ccc(SCC(=O)O[C@H](C)C(=O)NCc2ccccc2)cc1. The minimum Gasteiger partial charge on any atom is -0.452 e. The number of ether oxygens (including phenoxy) is 1. The van der Waals surface area contributed by atoms with E-state index in [0.717, 1.165) is 10.5 Å². The van der Waals surface area contributed by atoms with Crippen molar-refractivity contribution in [3.8, 4) is 0 Å². The van der Waals surface area contributed by atoms with Crippen molar-refractivity contribution in [2.75, 3.05) is 5.75 Å². The maximum Gasteiger partial charge on any atom is 0.317 e. The van der Waals surface area contributed by atoms with Crippen molar-refractivity contribution >= 4 is 23.6 Å². The number of benzene rings is 2. The Balaban J connectivity index is 1.72. The zero-order chi connectivity index (χ0) is 17.4. The molecule has 1 amide bonds. The Morgan fingerprint density at radius 2 is 1.75 bits per heavy atom. The Morgan fingerprint density at radius 1 is 1.08 bits per heavy atom. The van der Waals surface area contributed by atoms with E-state index in [2.05, 4.69) is 5.32 Å². The number of carbonyl (C=O) groups is 2. The number of amides is 1. The van der Waals surface area contributed by atoms with Gasteiger partial charge in [-0.25, -0.2) is 0 Å². The van der Waals surface area contributed by atoms with Crippen LogP contribution in [0, 0.1) is 6.92 Å². The molecule has 0 saturated carbocycles. The molecule has 1 N–H and O–H groups in total. The molecule has 0 saturated heterocycles. The summed E-state index contributed by atoms with van der Waals surface area (Å²) in [7, 11) is 0. The van der Waals surface area contributed by atoms with Gasteiger partial charge in [-0.3, -0.25) is 9.59 Å². The summed E-state index contributed by atoms with van der Waals surface area (Å²) in [4.78, 5) is 24.8. The lowest BCUT2D eigenvalue weighted by molar-refractivity contribution is -0.152. The smallest absolute Gasteiger partial charge is 0.317 e. The van der Waals surface area contributed by atoms with E-state index in [-0.39, 0.29) is 11.7 Å². The summed E-state index contributed by atoms with van der Waals surface area (Å²) in [5.74, 6) is -0.519. The highest BCUT2D eigenvalue weighted by Gasteiger charge is 2.17. The van der Waals surface area contributed by atoms with Gasteiger partial charge in [-0.05, 0) is 31.5 Å². The molecule has 1 atom stereocenters. The maximum absolute atomic E-state index is 12.0. The largest absolute Gasteiger partial charge is 0.452 e. The fourth-order valence-electron chi connectivity index (χ4n) is 1.99. The van der Waals surface area contributed by atoms with Crippen LogP contribution in [0.1, 0.15) is 18.1 Å². The van der Waals surface area contributed by atoms with E-state index in [1.54, 1.807) is 6.92 Å². The highest BCUT2D eigenvalue weighted by atomic mass is 32.2. The van der Waals surface area contributed by atoms with Gasteiger partial charge in [0.25, 0.3) is 5.91 Å². The molecular weight excluding hydrogens is 322 g/mol. The standard InChI is InChI=1S/C19H21NO3S/c1-14-8-10-17(11-9-14)24-13-18(21)23-15(2)19(22)20-12-16-6-4-3-5-7-16/h3-11,15H,12-13H2,1-2H3,(H,20,22)/t15-/m1/s1. The summed E-state index contributed by atoms with van der Waals surface area (Å²) < 4.78 is 5.17. The van der Waals surface area contributed by atoms with Crippen LogP contribution in [0.15, 0.2) is 59.5 Å². The van der Waals surface area contributed by atoms with E-state index >= 15 is 0 Å². The van der Waals surface area contributed by atoms with Crippen molar-refractivity contribution in [2.24, 2.45) is 0 Å². The van der Waals surface area contributed by atoms with Crippen LogP contribution in [0.25, 0.3) is 0 Å². The van der Waals surface area contributed by atoms with Crippen LogP contribution in [0.4, 0.5) is 0 Å². The first kappa shape index (κ1) is 18.1. The number of hydrogen-bond donors (Lipinski definition) is 1. The third-order valence-corrected chi connectivity index (χ3v) is 4.35. The van der Waals surface area contributed by atoms with Gasteiger partial charge in [-0.15, -0.1) is 11.8 Å². The fourth-order valence-corrected chi connectivity index (χ4v) is 2.67. The molecule has 126 valence electrons. The molecule has 5 heteroatoms. The Hall–Kier alpha value is -2.27. The average Bonchev–Trinajstić information content (AvgIpc) is 2.60. The van der Waals surface area contributed by atoms with Crippen LogP contribution in [-0.4, -0.2) is 23.7 Å². The molecule has 0 unspecified atom stereocenters. The van der Waals surface area contributed by atoms with Gasteiger partial charge in [0.1, 0.15) is 0 Å². The molecule has 0 bridgehead atoms. The Bertz CT molecular complexity index is 671. The van der Waals surface area contributed by atoms with Gasteiger partial charge in [0, 0.05) is 11.4 Å².